The maximum absolute atomic E-state index is 12.8. The van der Waals surface area contributed by atoms with Gasteiger partial charge in [-0.3, -0.25) is 4.90 Å². The van der Waals surface area contributed by atoms with Gasteiger partial charge in [-0.2, -0.15) is 13.2 Å². The third kappa shape index (κ3) is 5.26. The fourth-order valence-corrected chi connectivity index (χ4v) is 2.56. The van der Waals surface area contributed by atoms with Gasteiger partial charge in [0.05, 0.1) is 12.2 Å². The van der Waals surface area contributed by atoms with Gasteiger partial charge in [-0.25, -0.2) is 4.79 Å². The Morgan fingerprint density at radius 2 is 1.96 bits per heavy atom. The SMILES string of the molecule is CCOC(=O)C=CCN1CCN(c2cccc(C(F)(F)F)c2)CC1. The molecule has 1 fully saturated rings. The van der Waals surface area contributed by atoms with Gasteiger partial charge in [0.15, 0.2) is 0 Å². The Morgan fingerprint density at radius 3 is 2.58 bits per heavy atom. The number of nitrogens with zero attached hydrogens (tertiary/aromatic N) is 2. The highest BCUT2D eigenvalue weighted by molar-refractivity contribution is 5.81. The van der Waals surface area contributed by atoms with E-state index < -0.39 is 11.7 Å². The van der Waals surface area contributed by atoms with Gasteiger partial charge < -0.3 is 9.64 Å². The first-order valence-corrected chi connectivity index (χ1v) is 7.88. The Morgan fingerprint density at radius 1 is 1.25 bits per heavy atom. The van der Waals surface area contributed by atoms with E-state index in [-0.39, 0.29) is 5.97 Å². The first-order valence-electron chi connectivity index (χ1n) is 7.88. The third-order valence-corrected chi connectivity index (χ3v) is 3.82. The number of esters is 1. The minimum Gasteiger partial charge on any atom is -0.463 e. The van der Waals surface area contributed by atoms with E-state index in [9.17, 15) is 18.0 Å². The Labute approximate surface area is 139 Å². The van der Waals surface area contributed by atoms with Crippen molar-refractivity contribution in [2.45, 2.75) is 13.1 Å². The van der Waals surface area contributed by atoms with Crippen LogP contribution in [0.5, 0.6) is 0 Å². The molecule has 1 aromatic rings. The topological polar surface area (TPSA) is 32.8 Å². The van der Waals surface area contributed by atoms with Gasteiger partial charge in [0.25, 0.3) is 0 Å². The second-order valence-electron chi connectivity index (χ2n) is 5.49. The molecule has 132 valence electrons. The quantitative estimate of drug-likeness (QED) is 0.608. The average molecular weight is 342 g/mol. The van der Waals surface area contributed by atoms with Crippen LogP contribution in [-0.4, -0.2) is 50.2 Å². The zero-order valence-corrected chi connectivity index (χ0v) is 13.6. The highest BCUT2D eigenvalue weighted by atomic mass is 19.4. The van der Waals surface area contributed by atoms with Crippen molar-refractivity contribution in [3.8, 4) is 0 Å². The fourth-order valence-electron chi connectivity index (χ4n) is 2.56. The molecule has 0 aliphatic carbocycles. The van der Waals surface area contributed by atoms with E-state index in [1.807, 2.05) is 4.90 Å². The summed E-state index contributed by atoms with van der Waals surface area (Å²) in [6.45, 7) is 5.46. The number of hydrogen-bond donors (Lipinski definition) is 0. The van der Waals surface area contributed by atoms with E-state index in [1.165, 1.54) is 18.2 Å². The van der Waals surface area contributed by atoms with Crippen LogP contribution in [0, 0.1) is 0 Å². The lowest BCUT2D eigenvalue weighted by atomic mass is 10.1. The molecule has 0 N–H and O–H groups in total. The van der Waals surface area contributed by atoms with Crippen molar-refractivity contribution in [3.05, 3.63) is 42.0 Å². The fraction of sp³-hybridized carbons (Fsp3) is 0.471. The van der Waals surface area contributed by atoms with E-state index in [0.717, 1.165) is 19.2 Å². The van der Waals surface area contributed by atoms with Gasteiger partial charge in [0, 0.05) is 44.5 Å². The molecule has 2 rings (SSSR count). The van der Waals surface area contributed by atoms with Crippen LogP contribution < -0.4 is 4.90 Å². The normalized spacial score (nSPS) is 16.6. The molecule has 1 heterocycles. The summed E-state index contributed by atoms with van der Waals surface area (Å²) in [6.07, 6.45) is -1.17. The summed E-state index contributed by atoms with van der Waals surface area (Å²) in [5.74, 6) is -0.361. The van der Waals surface area contributed by atoms with E-state index >= 15 is 0 Å². The summed E-state index contributed by atoms with van der Waals surface area (Å²) in [7, 11) is 0. The van der Waals surface area contributed by atoms with Crippen LogP contribution in [0.15, 0.2) is 36.4 Å². The maximum atomic E-state index is 12.8. The number of halogens is 3. The van der Waals surface area contributed by atoms with Crippen LogP contribution in [-0.2, 0) is 15.7 Å². The average Bonchev–Trinajstić information content (AvgIpc) is 2.55. The molecule has 0 radical (unpaired) electrons. The minimum atomic E-state index is -4.32. The zero-order chi connectivity index (χ0) is 17.6. The molecule has 0 bridgehead atoms. The largest absolute Gasteiger partial charge is 0.463 e. The van der Waals surface area contributed by atoms with Gasteiger partial charge in [0.1, 0.15) is 0 Å². The lowest BCUT2D eigenvalue weighted by molar-refractivity contribution is -0.138. The number of alkyl halides is 3. The monoisotopic (exact) mass is 342 g/mol. The number of rotatable bonds is 5. The Bertz CT molecular complexity index is 579. The summed E-state index contributed by atoms with van der Waals surface area (Å²) < 4.78 is 43.2. The van der Waals surface area contributed by atoms with Crippen LogP contribution in [0.4, 0.5) is 18.9 Å². The second-order valence-corrected chi connectivity index (χ2v) is 5.49. The highest BCUT2D eigenvalue weighted by Gasteiger charge is 2.31. The standard InChI is InChI=1S/C17H21F3N2O2/c1-2-24-16(23)7-4-8-21-9-11-22(12-10-21)15-6-3-5-14(13-15)17(18,19)20/h3-7,13H,2,8-12H2,1H3. The summed E-state index contributed by atoms with van der Waals surface area (Å²) in [5.41, 5.74) is -0.0358. The van der Waals surface area contributed by atoms with E-state index in [4.69, 9.17) is 4.74 Å². The van der Waals surface area contributed by atoms with Gasteiger partial charge >= 0.3 is 12.1 Å². The number of benzene rings is 1. The molecule has 1 aliphatic rings. The molecule has 24 heavy (non-hydrogen) atoms. The number of ether oxygens (including phenoxy) is 1. The summed E-state index contributed by atoms with van der Waals surface area (Å²) in [4.78, 5) is 15.3. The minimum absolute atomic E-state index is 0.346. The molecule has 1 aliphatic heterocycles. The summed E-state index contributed by atoms with van der Waals surface area (Å²) in [6, 6.07) is 5.41. The zero-order valence-electron chi connectivity index (χ0n) is 13.6. The number of piperazine rings is 1. The molecule has 0 aromatic heterocycles. The predicted octanol–water partition coefficient (Wildman–Crippen LogP) is 2.95. The second kappa shape index (κ2) is 8.19. The number of anilines is 1. The van der Waals surface area contributed by atoms with Crippen molar-refractivity contribution in [3.63, 3.8) is 0 Å². The van der Waals surface area contributed by atoms with Crippen LogP contribution in [0.25, 0.3) is 0 Å². The van der Waals surface area contributed by atoms with Crippen LogP contribution in [0.3, 0.4) is 0 Å². The molecule has 0 atom stereocenters. The predicted molar refractivity (Wildman–Crippen MR) is 85.9 cm³/mol. The smallest absolute Gasteiger partial charge is 0.416 e. The summed E-state index contributed by atoms with van der Waals surface area (Å²) in [5, 5.41) is 0. The number of carbonyl (C=O) groups is 1. The molecule has 0 unspecified atom stereocenters. The van der Waals surface area contributed by atoms with Crippen molar-refractivity contribution in [1.29, 1.82) is 0 Å². The van der Waals surface area contributed by atoms with E-state index in [0.29, 0.717) is 31.9 Å². The lowest BCUT2D eigenvalue weighted by Crippen LogP contribution is -2.46. The Hall–Kier alpha value is -2.02. The molecular weight excluding hydrogens is 321 g/mol. The number of carbonyl (C=O) groups excluding carboxylic acids is 1. The van der Waals surface area contributed by atoms with E-state index in [2.05, 4.69) is 4.90 Å². The first-order chi connectivity index (χ1) is 11.4. The maximum Gasteiger partial charge on any atom is 0.416 e. The molecule has 0 spiro atoms. The molecule has 0 saturated carbocycles. The third-order valence-electron chi connectivity index (χ3n) is 3.82. The Kier molecular flexibility index (Phi) is 6.25. The molecule has 7 heteroatoms. The van der Waals surface area contributed by atoms with E-state index in [1.54, 1.807) is 19.1 Å². The van der Waals surface area contributed by atoms with Gasteiger partial charge in [-0.05, 0) is 25.1 Å². The van der Waals surface area contributed by atoms with Crippen molar-refractivity contribution in [1.82, 2.24) is 4.90 Å². The van der Waals surface area contributed by atoms with Gasteiger partial charge in [-0.1, -0.05) is 12.1 Å². The van der Waals surface area contributed by atoms with Gasteiger partial charge in [0.2, 0.25) is 0 Å². The Balaban J connectivity index is 1.86. The van der Waals surface area contributed by atoms with Crippen LogP contribution in [0.2, 0.25) is 0 Å². The van der Waals surface area contributed by atoms with Crippen molar-refractivity contribution >= 4 is 11.7 Å². The summed E-state index contributed by atoms with van der Waals surface area (Å²) >= 11 is 0. The van der Waals surface area contributed by atoms with Crippen molar-refractivity contribution < 1.29 is 22.7 Å². The molecular formula is C17H21F3N2O2. The molecule has 1 saturated heterocycles. The molecule has 1 aromatic carbocycles. The number of hydrogen-bond acceptors (Lipinski definition) is 4. The van der Waals surface area contributed by atoms with Crippen molar-refractivity contribution in [2.75, 3.05) is 44.2 Å². The molecule has 0 amide bonds. The first kappa shape index (κ1) is 18.3. The highest BCUT2D eigenvalue weighted by Crippen LogP contribution is 2.31. The molecule has 4 nitrogen and oxygen atoms in total. The lowest BCUT2D eigenvalue weighted by Gasteiger charge is -2.35. The van der Waals surface area contributed by atoms with Crippen molar-refractivity contribution in [2.24, 2.45) is 0 Å². The van der Waals surface area contributed by atoms with Crippen LogP contribution >= 0.6 is 0 Å². The van der Waals surface area contributed by atoms with Gasteiger partial charge in [-0.15, -0.1) is 0 Å². The van der Waals surface area contributed by atoms with Crippen LogP contribution in [0.1, 0.15) is 12.5 Å².